The summed E-state index contributed by atoms with van der Waals surface area (Å²) in [4.78, 5) is 0. The van der Waals surface area contributed by atoms with Crippen molar-refractivity contribution in [3.8, 4) is 11.8 Å². The Kier molecular flexibility index (Phi) is 4.75. The number of benzene rings is 2. The Morgan fingerprint density at radius 1 is 1.20 bits per heavy atom. The van der Waals surface area contributed by atoms with Gasteiger partial charge in [0.05, 0.1) is 13.2 Å². The standard InChI is InChI=1S/C17H18N2O/c1-13-5-3-6-14(9-13)12-19-17(11-18)15-7-4-8-16(10-15)20-2/h3-10,17,19H,12H2,1-2H3. The van der Waals surface area contributed by atoms with Gasteiger partial charge in [-0.3, -0.25) is 5.32 Å². The van der Waals surface area contributed by atoms with E-state index in [-0.39, 0.29) is 6.04 Å². The van der Waals surface area contributed by atoms with Gasteiger partial charge in [0.15, 0.2) is 0 Å². The summed E-state index contributed by atoms with van der Waals surface area (Å²) in [5.41, 5.74) is 3.31. The first-order valence-corrected chi connectivity index (χ1v) is 6.55. The molecular weight excluding hydrogens is 248 g/mol. The molecule has 3 nitrogen and oxygen atoms in total. The van der Waals surface area contributed by atoms with E-state index < -0.39 is 0 Å². The third kappa shape index (κ3) is 3.59. The highest BCUT2D eigenvalue weighted by Gasteiger charge is 2.10. The van der Waals surface area contributed by atoms with Crippen LogP contribution in [0.4, 0.5) is 0 Å². The van der Waals surface area contributed by atoms with Gasteiger partial charge in [0.2, 0.25) is 0 Å². The van der Waals surface area contributed by atoms with E-state index >= 15 is 0 Å². The van der Waals surface area contributed by atoms with Crippen molar-refractivity contribution in [2.75, 3.05) is 7.11 Å². The van der Waals surface area contributed by atoms with Crippen LogP contribution in [0, 0.1) is 18.3 Å². The van der Waals surface area contributed by atoms with Crippen LogP contribution in [0.1, 0.15) is 22.7 Å². The molecular formula is C17H18N2O. The first-order chi connectivity index (χ1) is 9.72. The molecule has 0 saturated carbocycles. The Hall–Kier alpha value is -2.31. The molecule has 0 aromatic heterocycles. The van der Waals surface area contributed by atoms with Crippen LogP contribution in [0.2, 0.25) is 0 Å². The lowest BCUT2D eigenvalue weighted by atomic mass is 10.1. The zero-order valence-electron chi connectivity index (χ0n) is 11.8. The highest BCUT2D eigenvalue weighted by Crippen LogP contribution is 2.19. The van der Waals surface area contributed by atoms with Crippen LogP contribution < -0.4 is 10.1 Å². The normalized spacial score (nSPS) is 11.7. The number of aryl methyl sites for hydroxylation is 1. The van der Waals surface area contributed by atoms with Gasteiger partial charge in [-0.2, -0.15) is 5.26 Å². The van der Waals surface area contributed by atoms with Crippen LogP contribution in [0.5, 0.6) is 5.75 Å². The summed E-state index contributed by atoms with van der Waals surface area (Å²) in [5.74, 6) is 0.764. The third-order valence-electron chi connectivity index (χ3n) is 3.15. The highest BCUT2D eigenvalue weighted by atomic mass is 16.5. The smallest absolute Gasteiger partial charge is 0.121 e. The molecule has 0 aliphatic rings. The fraction of sp³-hybridized carbons (Fsp3) is 0.235. The lowest BCUT2D eigenvalue weighted by Crippen LogP contribution is -2.19. The second-order valence-corrected chi connectivity index (χ2v) is 4.71. The number of ether oxygens (including phenoxy) is 1. The van der Waals surface area contributed by atoms with Gasteiger partial charge < -0.3 is 4.74 Å². The van der Waals surface area contributed by atoms with Gasteiger partial charge in [0.25, 0.3) is 0 Å². The summed E-state index contributed by atoms with van der Waals surface area (Å²) < 4.78 is 5.19. The van der Waals surface area contributed by atoms with E-state index in [9.17, 15) is 5.26 Å². The van der Waals surface area contributed by atoms with Gasteiger partial charge in [0.1, 0.15) is 11.8 Å². The SMILES string of the molecule is COc1cccc(C(C#N)NCc2cccc(C)c2)c1. The molecule has 2 rings (SSSR count). The lowest BCUT2D eigenvalue weighted by Gasteiger charge is -2.13. The Bertz CT molecular complexity index is 616. The molecule has 102 valence electrons. The van der Waals surface area contributed by atoms with Crippen LogP contribution >= 0.6 is 0 Å². The number of nitrogens with one attached hydrogen (secondary N) is 1. The zero-order chi connectivity index (χ0) is 14.4. The van der Waals surface area contributed by atoms with Crippen molar-refractivity contribution in [1.29, 1.82) is 5.26 Å². The van der Waals surface area contributed by atoms with Gasteiger partial charge in [-0.05, 0) is 30.2 Å². The predicted octanol–water partition coefficient (Wildman–Crippen LogP) is 3.36. The van der Waals surface area contributed by atoms with Crippen molar-refractivity contribution >= 4 is 0 Å². The summed E-state index contributed by atoms with van der Waals surface area (Å²) in [5, 5.41) is 12.6. The van der Waals surface area contributed by atoms with Gasteiger partial charge in [-0.1, -0.05) is 42.0 Å². The van der Waals surface area contributed by atoms with E-state index in [1.807, 2.05) is 30.3 Å². The molecule has 0 spiro atoms. The molecule has 2 aromatic carbocycles. The summed E-state index contributed by atoms with van der Waals surface area (Å²) in [6, 6.07) is 17.8. The van der Waals surface area contributed by atoms with Crippen LogP contribution in [0.25, 0.3) is 0 Å². The molecule has 1 N–H and O–H groups in total. The van der Waals surface area contributed by atoms with Gasteiger partial charge in [-0.15, -0.1) is 0 Å². The average molecular weight is 266 g/mol. The first kappa shape index (κ1) is 14.1. The minimum atomic E-state index is -0.342. The second-order valence-electron chi connectivity index (χ2n) is 4.71. The van der Waals surface area contributed by atoms with E-state index in [0.29, 0.717) is 6.54 Å². The van der Waals surface area contributed by atoms with Crippen LogP contribution in [0.3, 0.4) is 0 Å². The Morgan fingerprint density at radius 3 is 2.70 bits per heavy atom. The van der Waals surface area contributed by atoms with Crippen molar-refractivity contribution in [3.63, 3.8) is 0 Å². The molecule has 0 fully saturated rings. The number of hydrogen-bond donors (Lipinski definition) is 1. The Labute approximate surface area is 119 Å². The predicted molar refractivity (Wildman–Crippen MR) is 79.4 cm³/mol. The molecule has 0 amide bonds. The third-order valence-corrected chi connectivity index (χ3v) is 3.15. The molecule has 0 radical (unpaired) electrons. The van der Waals surface area contributed by atoms with E-state index in [1.165, 1.54) is 11.1 Å². The highest BCUT2D eigenvalue weighted by molar-refractivity contribution is 5.33. The van der Waals surface area contributed by atoms with E-state index in [2.05, 4.69) is 36.5 Å². The van der Waals surface area contributed by atoms with E-state index in [1.54, 1.807) is 7.11 Å². The maximum Gasteiger partial charge on any atom is 0.121 e. The van der Waals surface area contributed by atoms with Crippen LogP contribution in [-0.4, -0.2) is 7.11 Å². The monoisotopic (exact) mass is 266 g/mol. The van der Waals surface area contributed by atoms with Gasteiger partial charge in [-0.25, -0.2) is 0 Å². The molecule has 1 unspecified atom stereocenters. The van der Waals surface area contributed by atoms with Crippen molar-refractivity contribution < 1.29 is 4.74 Å². The van der Waals surface area contributed by atoms with E-state index in [4.69, 9.17) is 4.74 Å². The quantitative estimate of drug-likeness (QED) is 0.902. The minimum Gasteiger partial charge on any atom is -0.497 e. The number of hydrogen-bond acceptors (Lipinski definition) is 3. The molecule has 0 aliphatic heterocycles. The van der Waals surface area contributed by atoms with Gasteiger partial charge >= 0.3 is 0 Å². The summed E-state index contributed by atoms with van der Waals surface area (Å²) >= 11 is 0. The number of rotatable bonds is 5. The van der Waals surface area contributed by atoms with E-state index in [0.717, 1.165) is 11.3 Å². The summed E-state index contributed by atoms with van der Waals surface area (Å²) in [7, 11) is 1.63. The van der Waals surface area contributed by atoms with Crippen molar-refractivity contribution in [3.05, 3.63) is 65.2 Å². The Balaban J connectivity index is 2.07. The number of nitrogens with zero attached hydrogens (tertiary/aromatic N) is 1. The topological polar surface area (TPSA) is 45.0 Å². The summed E-state index contributed by atoms with van der Waals surface area (Å²) in [6.45, 7) is 2.73. The Morgan fingerprint density at radius 2 is 2.00 bits per heavy atom. The van der Waals surface area contributed by atoms with Crippen LogP contribution in [-0.2, 0) is 6.54 Å². The number of methoxy groups -OCH3 is 1. The molecule has 2 aromatic rings. The molecule has 0 saturated heterocycles. The molecule has 0 aliphatic carbocycles. The largest absolute Gasteiger partial charge is 0.497 e. The molecule has 0 heterocycles. The van der Waals surface area contributed by atoms with Crippen molar-refractivity contribution in [2.24, 2.45) is 0 Å². The first-order valence-electron chi connectivity index (χ1n) is 6.55. The molecule has 3 heteroatoms. The number of nitriles is 1. The maximum atomic E-state index is 9.32. The fourth-order valence-corrected chi connectivity index (χ4v) is 2.10. The van der Waals surface area contributed by atoms with Crippen molar-refractivity contribution in [1.82, 2.24) is 5.32 Å². The lowest BCUT2D eigenvalue weighted by molar-refractivity contribution is 0.413. The molecule has 0 bridgehead atoms. The summed E-state index contributed by atoms with van der Waals surface area (Å²) in [6.07, 6.45) is 0. The minimum absolute atomic E-state index is 0.342. The second kappa shape index (κ2) is 6.74. The molecule has 1 atom stereocenters. The fourth-order valence-electron chi connectivity index (χ4n) is 2.10. The average Bonchev–Trinajstić information content (AvgIpc) is 2.48. The maximum absolute atomic E-state index is 9.32. The zero-order valence-corrected chi connectivity index (χ0v) is 11.8. The van der Waals surface area contributed by atoms with Crippen LogP contribution in [0.15, 0.2) is 48.5 Å². The molecule has 20 heavy (non-hydrogen) atoms. The van der Waals surface area contributed by atoms with Gasteiger partial charge in [0, 0.05) is 6.54 Å². The van der Waals surface area contributed by atoms with Crippen molar-refractivity contribution in [2.45, 2.75) is 19.5 Å².